The van der Waals surface area contributed by atoms with Gasteiger partial charge in [0, 0.05) is 0 Å². The van der Waals surface area contributed by atoms with Crippen molar-refractivity contribution in [2.45, 2.75) is 70.6 Å². The summed E-state index contributed by atoms with van der Waals surface area (Å²) in [6.07, 6.45) is 17.5. The predicted octanol–water partition coefficient (Wildman–Crippen LogP) is 5.03. The van der Waals surface area contributed by atoms with E-state index in [4.69, 9.17) is 0 Å². The van der Waals surface area contributed by atoms with E-state index in [1.807, 2.05) is 0 Å². The van der Waals surface area contributed by atoms with E-state index in [0.29, 0.717) is 0 Å². The normalized spacial score (nSPS) is 50.5. The SMILES string of the molecule is C1CCCC(C2C3CC4CC(C3)CC2C4)CC1. The van der Waals surface area contributed by atoms with Gasteiger partial charge in [-0.25, -0.2) is 0 Å². The Labute approximate surface area is 107 Å². The monoisotopic (exact) mass is 232 g/mol. The molecule has 4 bridgehead atoms. The lowest BCUT2D eigenvalue weighted by molar-refractivity contribution is -0.0642. The molecule has 5 aliphatic carbocycles. The molecule has 0 nitrogen and oxygen atoms in total. The standard InChI is InChI=1S/C17H28/c1-2-4-6-14(5-3-1)17-15-8-12-7-13(10-15)11-16(17)9-12/h12-17H,1-11H2. The van der Waals surface area contributed by atoms with Gasteiger partial charge in [-0.2, -0.15) is 0 Å². The summed E-state index contributed by atoms with van der Waals surface area (Å²) in [7, 11) is 0. The Morgan fingerprint density at radius 1 is 0.471 bits per heavy atom. The summed E-state index contributed by atoms with van der Waals surface area (Å²) in [6.45, 7) is 0. The fraction of sp³-hybridized carbons (Fsp3) is 1.00. The first kappa shape index (κ1) is 10.9. The smallest absolute Gasteiger partial charge is 0.0329 e. The van der Waals surface area contributed by atoms with Gasteiger partial charge in [0.05, 0.1) is 0 Å². The fourth-order valence-corrected chi connectivity index (χ4v) is 6.43. The van der Waals surface area contributed by atoms with Crippen LogP contribution in [0.25, 0.3) is 0 Å². The van der Waals surface area contributed by atoms with Gasteiger partial charge in [0.15, 0.2) is 0 Å². The van der Waals surface area contributed by atoms with E-state index in [0.717, 1.165) is 5.92 Å². The van der Waals surface area contributed by atoms with Gasteiger partial charge in [0.2, 0.25) is 0 Å². The highest BCUT2D eigenvalue weighted by molar-refractivity contribution is 5.00. The molecular formula is C17H28. The van der Waals surface area contributed by atoms with Crippen LogP contribution in [0.5, 0.6) is 0 Å². The average molecular weight is 232 g/mol. The third-order valence-electron chi connectivity index (χ3n) is 6.74. The lowest BCUT2D eigenvalue weighted by Crippen LogP contribution is -2.47. The van der Waals surface area contributed by atoms with Crippen LogP contribution in [0.4, 0.5) is 0 Å². The van der Waals surface area contributed by atoms with E-state index in [1.54, 1.807) is 57.8 Å². The topological polar surface area (TPSA) is 0 Å². The molecule has 0 saturated heterocycles. The van der Waals surface area contributed by atoms with E-state index in [1.165, 1.54) is 42.4 Å². The second kappa shape index (κ2) is 4.28. The molecule has 0 aromatic carbocycles. The van der Waals surface area contributed by atoms with E-state index < -0.39 is 0 Å². The Kier molecular flexibility index (Phi) is 2.74. The Morgan fingerprint density at radius 2 is 1.00 bits per heavy atom. The van der Waals surface area contributed by atoms with Gasteiger partial charge in [-0.05, 0) is 67.6 Å². The van der Waals surface area contributed by atoms with E-state index in [2.05, 4.69) is 0 Å². The van der Waals surface area contributed by atoms with Gasteiger partial charge >= 0.3 is 0 Å². The highest BCUT2D eigenvalue weighted by Crippen LogP contribution is 2.59. The Balaban J connectivity index is 1.53. The first-order valence-corrected chi connectivity index (χ1v) is 8.40. The van der Waals surface area contributed by atoms with Crippen LogP contribution in [0.3, 0.4) is 0 Å². The van der Waals surface area contributed by atoms with Gasteiger partial charge in [-0.1, -0.05) is 38.5 Å². The first-order valence-electron chi connectivity index (χ1n) is 8.40. The van der Waals surface area contributed by atoms with Gasteiger partial charge < -0.3 is 0 Å². The molecule has 5 rings (SSSR count). The van der Waals surface area contributed by atoms with Crippen LogP contribution in [-0.2, 0) is 0 Å². The third-order valence-corrected chi connectivity index (χ3v) is 6.74. The summed E-state index contributed by atoms with van der Waals surface area (Å²) < 4.78 is 0. The van der Waals surface area contributed by atoms with Crippen molar-refractivity contribution >= 4 is 0 Å². The average Bonchev–Trinajstić information content (AvgIpc) is 2.56. The molecule has 0 radical (unpaired) electrons. The molecule has 0 unspecified atom stereocenters. The number of hydrogen-bond donors (Lipinski definition) is 0. The number of rotatable bonds is 1. The van der Waals surface area contributed by atoms with Gasteiger partial charge in [-0.15, -0.1) is 0 Å². The summed E-state index contributed by atoms with van der Waals surface area (Å²) in [5.41, 5.74) is 0. The van der Waals surface area contributed by atoms with Crippen LogP contribution in [0, 0.1) is 35.5 Å². The molecule has 17 heavy (non-hydrogen) atoms. The van der Waals surface area contributed by atoms with E-state index >= 15 is 0 Å². The minimum absolute atomic E-state index is 1.15. The van der Waals surface area contributed by atoms with Gasteiger partial charge in [0.25, 0.3) is 0 Å². The molecule has 96 valence electrons. The van der Waals surface area contributed by atoms with Crippen LogP contribution in [-0.4, -0.2) is 0 Å². The molecule has 5 fully saturated rings. The quantitative estimate of drug-likeness (QED) is 0.556. The zero-order valence-corrected chi connectivity index (χ0v) is 11.2. The minimum atomic E-state index is 1.15. The van der Waals surface area contributed by atoms with Gasteiger partial charge in [0.1, 0.15) is 0 Å². The van der Waals surface area contributed by atoms with Crippen molar-refractivity contribution in [2.75, 3.05) is 0 Å². The van der Waals surface area contributed by atoms with Gasteiger partial charge in [-0.3, -0.25) is 0 Å². The summed E-state index contributed by atoms with van der Waals surface area (Å²) in [5, 5.41) is 0. The van der Waals surface area contributed by atoms with Crippen molar-refractivity contribution in [1.29, 1.82) is 0 Å². The highest BCUT2D eigenvalue weighted by Gasteiger charge is 2.50. The van der Waals surface area contributed by atoms with Crippen LogP contribution in [0.1, 0.15) is 70.6 Å². The molecule has 0 aromatic rings. The molecule has 0 heterocycles. The second-order valence-corrected chi connectivity index (χ2v) is 7.76. The first-order chi connectivity index (χ1) is 8.40. The maximum atomic E-state index is 1.63. The Morgan fingerprint density at radius 3 is 1.53 bits per heavy atom. The van der Waals surface area contributed by atoms with Crippen molar-refractivity contribution < 1.29 is 0 Å². The molecule has 0 amide bonds. The lowest BCUT2D eigenvalue weighted by Gasteiger charge is -2.56. The summed E-state index contributed by atoms with van der Waals surface area (Å²) in [5.74, 6) is 7.01. The van der Waals surface area contributed by atoms with Crippen LogP contribution in [0.2, 0.25) is 0 Å². The molecule has 0 atom stereocenters. The van der Waals surface area contributed by atoms with Crippen LogP contribution >= 0.6 is 0 Å². The Hall–Kier alpha value is 0. The molecule has 0 N–H and O–H groups in total. The minimum Gasteiger partial charge on any atom is -0.0533 e. The van der Waals surface area contributed by atoms with Crippen molar-refractivity contribution in [1.82, 2.24) is 0 Å². The molecule has 5 saturated carbocycles. The van der Waals surface area contributed by atoms with Crippen molar-refractivity contribution in [2.24, 2.45) is 35.5 Å². The fourth-order valence-electron chi connectivity index (χ4n) is 6.43. The number of hydrogen-bond acceptors (Lipinski definition) is 0. The Bertz CT molecular complexity index is 244. The summed E-state index contributed by atoms with van der Waals surface area (Å²) >= 11 is 0. The molecule has 0 spiro atoms. The zero-order chi connectivity index (χ0) is 11.2. The molecule has 0 heteroatoms. The van der Waals surface area contributed by atoms with Crippen molar-refractivity contribution in [3.8, 4) is 0 Å². The second-order valence-electron chi connectivity index (χ2n) is 7.76. The predicted molar refractivity (Wildman–Crippen MR) is 71.7 cm³/mol. The van der Waals surface area contributed by atoms with E-state index in [-0.39, 0.29) is 0 Å². The largest absolute Gasteiger partial charge is 0.0533 e. The molecule has 0 aliphatic heterocycles. The maximum absolute atomic E-state index is 1.63. The van der Waals surface area contributed by atoms with Crippen LogP contribution in [0.15, 0.2) is 0 Å². The molecule has 5 aliphatic rings. The maximum Gasteiger partial charge on any atom is -0.0329 e. The summed E-state index contributed by atoms with van der Waals surface area (Å²) in [6, 6.07) is 0. The molecule has 0 aromatic heterocycles. The third kappa shape index (κ3) is 1.87. The highest BCUT2D eigenvalue weighted by atomic mass is 14.5. The molecular weight excluding hydrogens is 204 g/mol. The summed E-state index contributed by atoms with van der Waals surface area (Å²) in [4.78, 5) is 0. The lowest BCUT2D eigenvalue weighted by atomic mass is 9.49. The zero-order valence-electron chi connectivity index (χ0n) is 11.2. The van der Waals surface area contributed by atoms with Crippen molar-refractivity contribution in [3.05, 3.63) is 0 Å². The van der Waals surface area contributed by atoms with E-state index in [9.17, 15) is 0 Å². The van der Waals surface area contributed by atoms with Crippen molar-refractivity contribution in [3.63, 3.8) is 0 Å². The van der Waals surface area contributed by atoms with Crippen LogP contribution < -0.4 is 0 Å².